The van der Waals surface area contributed by atoms with E-state index < -0.39 is 0 Å². The van der Waals surface area contributed by atoms with Gasteiger partial charge in [-0.2, -0.15) is 0 Å². The maximum absolute atomic E-state index is 2.44. The Balaban J connectivity index is 2.43. The van der Waals surface area contributed by atoms with Gasteiger partial charge in [0.05, 0.1) is 0 Å². The predicted octanol–water partition coefficient (Wildman–Crippen LogP) is 4.02. The Morgan fingerprint density at radius 2 is 2.00 bits per heavy atom. The summed E-state index contributed by atoms with van der Waals surface area (Å²) in [5, 5.41) is 0. The topological polar surface area (TPSA) is 0 Å². The largest absolute Gasteiger partial charge is 0.0885 e. The Morgan fingerprint density at radius 3 is 2.50 bits per heavy atom. The quantitative estimate of drug-likeness (QED) is 0.555. The summed E-state index contributed by atoms with van der Waals surface area (Å²) in [6.07, 6.45) is 10.2. The van der Waals surface area contributed by atoms with Crippen molar-refractivity contribution in [1.29, 1.82) is 0 Å². The van der Waals surface area contributed by atoms with Crippen LogP contribution in [-0.2, 0) is 0 Å². The SMILES string of the molecule is CC/C=C/C1CC[C@@H](CC)[C@H]1C. The van der Waals surface area contributed by atoms with Crippen molar-refractivity contribution in [2.24, 2.45) is 17.8 Å². The molecule has 0 nitrogen and oxygen atoms in total. The van der Waals surface area contributed by atoms with Gasteiger partial charge in [-0.05, 0) is 37.0 Å². The molecule has 1 fully saturated rings. The van der Waals surface area contributed by atoms with E-state index in [9.17, 15) is 0 Å². The third-order valence-electron chi connectivity index (χ3n) is 3.43. The molecule has 0 heteroatoms. The van der Waals surface area contributed by atoms with Crippen LogP contribution in [0.1, 0.15) is 46.5 Å². The second-order valence-electron chi connectivity index (χ2n) is 4.11. The number of hydrogen-bond acceptors (Lipinski definition) is 0. The fourth-order valence-electron chi connectivity index (χ4n) is 2.44. The Labute approximate surface area is 77.1 Å². The summed E-state index contributed by atoms with van der Waals surface area (Å²) in [6.45, 7) is 6.96. The molecule has 1 aliphatic rings. The standard InChI is InChI=1S/C12H22/c1-4-6-7-12-9-8-11(5-2)10(12)3/h6-7,10-12H,4-5,8-9H2,1-3H3/b7-6+/t10-,11-,12?/m1/s1. The molecule has 1 saturated carbocycles. The minimum absolute atomic E-state index is 0.884. The van der Waals surface area contributed by atoms with Gasteiger partial charge in [-0.3, -0.25) is 0 Å². The normalized spacial score (nSPS) is 36.4. The summed E-state index contributed by atoms with van der Waals surface area (Å²) in [7, 11) is 0. The minimum atomic E-state index is 0.884. The predicted molar refractivity (Wildman–Crippen MR) is 55.1 cm³/mol. The molecule has 12 heavy (non-hydrogen) atoms. The van der Waals surface area contributed by atoms with Crippen LogP contribution < -0.4 is 0 Å². The Morgan fingerprint density at radius 1 is 1.25 bits per heavy atom. The van der Waals surface area contributed by atoms with Crippen molar-refractivity contribution in [1.82, 2.24) is 0 Å². The molecule has 3 atom stereocenters. The lowest BCUT2D eigenvalue weighted by Gasteiger charge is -2.16. The summed E-state index contributed by atoms with van der Waals surface area (Å²) in [4.78, 5) is 0. The molecule has 1 unspecified atom stereocenters. The van der Waals surface area contributed by atoms with Crippen LogP contribution in [0.15, 0.2) is 12.2 Å². The second kappa shape index (κ2) is 4.69. The van der Waals surface area contributed by atoms with Crippen LogP contribution in [0.25, 0.3) is 0 Å². The van der Waals surface area contributed by atoms with Gasteiger partial charge >= 0.3 is 0 Å². The van der Waals surface area contributed by atoms with E-state index in [1.807, 2.05) is 0 Å². The Bertz CT molecular complexity index is 146. The number of hydrogen-bond donors (Lipinski definition) is 0. The molecule has 0 aromatic carbocycles. The van der Waals surface area contributed by atoms with Crippen LogP contribution in [0.3, 0.4) is 0 Å². The van der Waals surface area contributed by atoms with Gasteiger partial charge in [0.15, 0.2) is 0 Å². The number of rotatable bonds is 3. The zero-order chi connectivity index (χ0) is 8.97. The van der Waals surface area contributed by atoms with Gasteiger partial charge < -0.3 is 0 Å². The van der Waals surface area contributed by atoms with Crippen molar-refractivity contribution in [3.05, 3.63) is 12.2 Å². The lowest BCUT2D eigenvalue weighted by atomic mass is 9.89. The smallest absolute Gasteiger partial charge is 0.0205 e. The summed E-state index contributed by atoms with van der Waals surface area (Å²) in [5.41, 5.74) is 0. The van der Waals surface area contributed by atoms with Crippen molar-refractivity contribution in [3.63, 3.8) is 0 Å². The van der Waals surface area contributed by atoms with Crippen molar-refractivity contribution >= 4 is 0 Å². The highest BCUT2D eigenvalue weighted by molar-refractivity contribution is 4.95. The number of allylic oxidation sites excluding steroid dienone is 2. The lowest BCUT2D eigenvalue weighted by molar-refractivity contribution is 0.369. The minimum Gasteiger partial charge on any atom is -0.0885 e. The molecule has 0 bridgehead atoms. The Kier molecular flexibility index (Phi) is 3.84. The molecule has 0 N–H and O–H groups in total. The van der Waals surface area contributed by atoms with Crippen molar-refractivity contribution in [2.75, 3.05) is 0 Å². The van der Waals surface area contributed by atoms with Crippen molar-refractivity contribution in [3.8, 4) is 0 Å². The first-order valence-electron chi connectivity index (χ1n) is 5.46. The highest BCUT2D eigenvalue weighted by atomic mass is 14.3. The molecule has 1 rings (SSSR count). The average molecular weight is 166 g/mol. The van der Waals surface area contributed by atoms with Crippen LogP contribution in [-0.4, -0.2) is 0 Å². The summed E-state index contributed by atoms with van der Waals surface area (Å²) >= 11 is 0. The first-order chi connectivity index (χ1) is 5.79. The third kappa shape index (κ3) is 2.12. The maximum atomic E-state index is 2.44. The molecule has 0 spiro atoms. The van der Waals surface area contributed by atoms with Crippen LogP contribution in [0, 0.1) is 17.8 Å². The molecule has 0 aromatic rings. The molecule has 1 aliphatic carbocycles. The van der Waals surface area contributed by atoms with Gasteiger partial charge in [-0.25, -0.2) is 0 Å². The lowest BCUT2D eigenvalue weighted by Crippen LogP contribution is -2.08. The van der Waals surface area contributed by atoms with Gasteiger partial charge in [0.2, 0.25) is 0 Å². The fourth-order valence-corrected chi connectivity index (χ4v) is 2.44. The second-order valence-corrected chi connectivity index (χ2v) is 4.11. The first kappa shape index (κ1) is 9.83. The van der Waals surface area contributed by atoms with Gasteiger partial charge in [0.1, 0.15) is 0 Å². The van der Waals surface area contributed by atoms with E-state index >= 15 is 0 Å². The van der Waals surface area contributed by atoms with Crippen LogP contribution >= 0.6 is 0 Å². The maximum Gasteiger partial charge on any atom is -0.0205 e. The zero-order valence-electron chi connectivity index (χ0n) is 8.72. The highest BCUT2D eigenvalue weighted by Crippen LogP contribution is 2.39. The van der Waals surface area contributed by atoms with E-state index in [4.69, 9.17) is 0 Å². The van der Waals surface area contributed by atoms with Crippen molar-refractivity contribution < 1.29 is 0 Å². The first-order valence-corrected chi connectivity index (χ1v) is 5.46. The van der Waals surface area contributed by atoms with E-state index in [1.54, 1.807) is 0 Å². The molecular weight excluding hydrogens is 144 g/mol. The molecule has 0 aliphatic heterocycles. The van der Waals surface area contributed by atoms with E-state index in [2.05, 4.69) is 32.9 Å². The Hall–Kier alpha value is -0.260. The van der Waals surface area contributed by atoms with Gasteiger partial charge in [0, 0.05) is 0 Å². The monoisotopic (exact) mass is 166 g/mol. The molecule has 0 aromatic heterocycles. The van der Waals surface area contributed by atoms with E-state index in [0.29, 0.717) is 0 Å². The van der Waals surface area contributed by atoms with Gasteiger partial charge in [-0.1, -0.05) is 39.3 Å². The molecule has 0 heterocycles. The molecule has 0 amide bonds. The van der Waals surface area contributed by atoms with Crippen LogP contribution in [0.2, 0.25) is 0 Å². The van der Waals surface area contributed by atoms with Crippen LogP contribution in [0.5, 0.6) is 0 Å². The molecule has 70 valence electrons. The van der Waals surface area contributed by atoms with Gasteiger partial charge in [0.25, 0.3) is 0 Å². The van der Waals surface area contributed by atoms with Crippen molar-refractivity contribution in [2.45, 2.75) is 46.5 Å². The molecule has 0 saturated heterocycles. The van der Waals surface area contributed by atoms with Gasteiger partial charge in [-0.15, -0.1) is 0 Å². The summed E-state index contributed by atoms with van der Waals surface area (Å²) in [6, 6.07) is 0. The van der Waals surface area contributed by atoms with E-state index in [0.717, 1.165) is 17.8 Å². The third-order valence-corrected chi connectivity index (χ3v) is 3.43. The van der Waals surface area contributed by atoms with Crippen LogP contribution in [0.4, 0.5) is 0 Å². The van der Waals surface area contributed by atoms with E-state index in [-0.39, 0.29) is 0 Å². The fraction of sp³-hybridized carbons (Fsp3) is 0.833. The van der Waals surface area contributed by atoms with E-state index in [1.165, 1.54) is 25.7 Å². The summed E-state index contributed by atoms with van der Waals surface area (Å²) < 4.78 is 0. The average Bonchev–Trinajstić information content (AvgIpc) is 2.43. The molecular formula is C12H22. The highest BCUT2D eigenvalue weighted by Gasteiger charge is 2.29. The molecule has 0 radical (unpaired) electrons. The summed E-state index contributed by atoms with van der Waals surface area (Å²) in [5.74, 6) is 2.81. The zero-order valence-corrected chi connectivity index (χ0v) is 8.72.